The van der Waals surface area contributed by atoms with Crippen LogP contribution >= 0.6 is 11.8 Å². The number of hydrogen-bond donors (Lipinski definition) is 0. The second kappa shape index (κ2) is 10.1. The lowest BCUT2D eigenvalue weighted by atomic mass is 9.93. The minimum absolute atomic E-state index is 0.0777. The molecule has 0 aliphatic carbocycles. The van der Waals surface area contributed by atoms with Crippen LogP contribution in [0.1, 0.15) is 30.5 Å². The van der Waals surface area contributed by atoms with Crippen LogP contribution in [0.5, 0.6) is 0 Å². The van der Waals surface area contributed by atoms with Gasteiger partial charge in [-0.3, -0.25) is 14.9 Å². The van der Waals surface area contributed by atoms with E-state index >= 15 is 0 Å². The van der Waals surface area contributed by atoms with Crippen molar-refractivity contribution < 1.29 is 19.2 Å². The first kappa shape index (κ1) is 24.2. The van der Waals surface area contributed by atoms with Crippen molar-refractivity contribution in [2.45, 2.75) is 25.9 Å². The number of amides is 1. The second-order valence-electron chi connectivity index (χ2n) is 8.15. The van der Waals surface area contributed by atoms with Crippen molar-refractivity contribution >= 4 is 34.5 Å². The first-order valence-corrected chi connectivity index (χ1v) is 11.7. The Hall–Kier alpha value is -3.92. The molecule has 2 aromatic rings. The first-order chi connectivity index (χ1) is 16.8. The van der Waals surface area contributed by atoms with Crippen molar-refractivity contribution in [3.63, 3.8) is 0 Å². The molecule has 2 aliphatic heterocycles. The highest BCUT2D eigenvalue weighted by Gasteiger charge is 2.41. The highest BCUT2D eigenvalue weighted by Crippen LogP contribution is 2.45. The van der Waals surface area contributed by atoms with Gasteiger partial charge in [-0.25, -0.2) is 9.79 Å². The number of fused-ring (bicyclic) bond motifs is 1. The zero-order valence-corrected chi connectivity index (χ0v) is 20.3. The molecular weight excluding hydrogens is 468 g/mol. The summed E-state index contributed by atoms with van der Waals surface area (Å²) < 4.78 is 5.03. The maximum absolute atomic E-state index is 13.1. The largest absolute Gasteiger partial charge is 0.466 e. The highest BCUT2D eigenvalue weighted by atomic mass is 32.2. The van der Waals surface area contributed by atoms with E-state index in [9.17, 15) is 19.7 Å². The number of allylic oxidation sites excluding steroid dienone is 1. The average Bonchev–Trinajstić information content (AvgIpc) is 3.25. The number of thioether (sulfide) groups is 1. The quantitative estimate of drug-likeness (QED) is 0.321. The molecule has 0 aromatic heterocycles. The van der Waals surface area contributed by atoms with E-state index in [-0.39, 0.29) is 23.6 Å². The monoisotopic (exact) mass is 492 g/mol. The molecule has 0 radical (unpaired) electrons. The van der Waals surface area contributed by atoms with Gasteiger partial charge in [0.25, 0.3) is 5.69 Å². The average molecular weight is 493 g/mol. The van der Waals surface area contributed by atoms with Crippen LogP contribution < -0.4 is 0 Å². The Morgan fingerprint density at radius 3 is 2.63 bits per heavy atom. The zero-order chi connectivity index (χ0) is 25.1. The Morgan fingerprint density at radius 1 is 1.20 bits per heavy atom. The van der Waals surface area contributed by atoms with Crippen LogP contribution in [0.4, 0.5) is 5.69 Å². The van der Waals surface area contributed by atoms with Gasteiger partial charge in [-0.05, 0) is 23.5 Å². The van der Waals surface area contributed by atoms with Crippen molar-refractivity contribution in [1.82, 2.24) is 9.80 Å². The fourth-order valence-electron chi connectivity index (χ4n) is 4.10. The molecule has 2 heterocycles. The Morgan fingerprint density at radius 2 is 1.94 bits per heavy atom. The molecule has 2 aliphatic rings. The lowest BCUT2D eigenvalue weighted by molar-refractivity contribution is -0.384. The number of esters is 1. The Kier molecular flexibility index (Phi) is 7.02. The summed E-state index contributed by atoms with van der Waals surface area (Å²) in [5.41, 5.74) is 2.85. The van der Waals surface area contributed by atoms with Gasteiger partial charge in [0.15, 0.2) is 5.17 Å². The number of non-ortho nitro benzene ring substituents is 1. The van der Waals surface area contributed by atoms with Gasteiger partial charge in [0.1, 0.15) is 0 Å². The van der Waals surface area contributed by atoms with E-state index < -0.39 is 16.9 Å². The molecule has 4 rings (SSSR count). The molecule has 0 fully saturated rings. The summed E-state index contributed by atoms with van der Waals surface area (Å²) >= 11 is 1.35. The molecule has 0 N–H and O–H groups in total. The van der Waals surface area contributed by atoms with Gasteiger partial charge in [-0.15, -0.1) is 0 Å². The van der Waals surface area contributed by atoms with E-state index in [0.717, 1.165) is 5.56 Å². The number of hydrogen-bond acceptors (Lipinski definition) is 8. The molecule has 1 unspecified atom stereocenters. The third kappa shape index (κ3) is 4.97. The molecule has 10 heteroatoms. The number of carbonyl (C=O) groups is 2. The molecule has 35 heavy (non-hydrogen) atoms. The third-order valence-corrected chi connectivity index (χ3v) is 6.71. The molecule has 0 spiro atoms. The van der Waals surface area contributed by atoms with E-state index in [4.69, 9.17) is 4.74 Å². The highest BCUT2D eigenvalue weighted by molar-refractivity contribution is 8.16. The van der Waals surface area contributed by atoms with E-state index in [1.165, 1.54) is 31.0 Å². The van der Waals surface area contributed by atoms with Crippen molar-refractivity contribution in [3.8, 4) is 0 Å². The lowest BCUT2D eigenvalue weighted by Crippen LogP contribution is -2.38. The van der Waals surface area contributed by atoms with Crippen LogP contribution in [0.2, 0.25) is 0 Å². The SMILES string of the molecule is COC(=O)C1=C(C)N=C2SC=C(CC(=O)N(C)Cc3ccccc3)N2C1c1cccc([N+](=O)[O-])c1. The third-order valence-electron chi connectivity index (χ3n) is 5.82. The molecule has 9 nitrogen and oxygen atoms in total. The van der Waals surface area contributed by atoms with Crippen LogP contribution in [-0.4, -0.2) is 45.9 Å². The number of carbonyl (C=O) groups excluding carboxylic acids is 2. The fraction of sp³-hybridized carbons (Fsp3) is 0.240. The molecule has 1 amide bonds. The number of amidine groups is 1. The van der Waals surface area contributed by atoms with Gasteiger partial charge in [0.05, 0.1) is 35.8 Å². The van der Waals surface area contributed by atoms with Crippen LogP contribution in [0.15, 0.2) is 82.0 Å². The normalized spacial score (nSPS) is 16.9. The van der Waals surface area contributed by atoms with Crippen molar-refractivity contribution in [2.75, 3.05) is 14.2 Å². The van der Waals surface area contributed by atoms with E-state index in [0.29, 0.717) is 28.7 Å². The van der Waals surface area contributed by atoms with Gasteiger partial charge in [-0.1, -0.05) is 54.2 Å². The Balaban J connectivity index is 1.67. The van der Waals surface area contributed by atoms with Gasteiger partial charge >= 0.3 is 5.97 Å². The predicted molar refractivity (Wildman–Crippen MR) is 133 cm³/mol. The molecule has 1 atom stereocenters. The van der Waals surface area contributed by atoms with Crippen molar-refractivity contribution in [3.05, 3.63) is 98.2 Å². The number of rotatable bonds is 7. The van der Waals surface area contributed by atoms with Gasteiger partial charge in [0, 0.05) is 31.4 Å². The van der Waals surface area contributed by atoms with Gasteiger partial charge < -0.3 is 14.5 Å². The van der Waals surface area contributed by atoms with E-state index in [1.807, 2.05) is 35.7 Å². The van der Waals surface area contributed by atoms with Crippen molar-refractivity contribution in [1.29, 1.82) is 0 Å². The summed E-state index contributed by atoms with van der Waals surface area (Å²) in [6.45, 7) is 2.17. The van der Waals surface area contributed by atoms with Gasteiger partial charge in [0.2, 0.25) is 5.91 Å². The van der Waals surface area contributed by atoms with Crippen LogP contribution in [0.25, 0.3) is 0 Å². The summed E-state index contributed by atoms with van der Waals surface area (Å²) in [5.74, 6) is -0.684. The number of aliphatic imine (C=N–C) groups is 1. The maximum Gasteiger partial charge on any atom is 0.338 e. The molecule has 180 valence electrons. The van der Waals surface area contributed by atoms with Gasteiger partial charge in [-0.2, -0.15) is 0 Å². The smallest absolute Gasteiger partial charge is 0.338 e. The number of nitro groups is 1. The standard InChI is InChI=1S/C25H24N4O5S/c1-16-22(24(31)34-3)23(18-10-7-11-19(12-18)29(32)33)28-20(15-35-25(28)26-16)13-21(30)27(2)14-17-8-5-4-6-9-17/h4-12,15,23H,13-14H2,1-3H3. The predicted octanol–water partition coefficient (Wildman–Crippen LogP) is 4.39. The molecular formula is C25H24N4O5S. The zero-order valence-electron chi connectivity index (χ0n) is 19.5. The summed E-state index contributed by atoms with van der Waals surface area (Å²) in [7, 11) is 3.02. The molecule has 0 saturated carbocycles. The van der Waals surface area contributed by atoms with Crippen LogP contribution in [0, 0.1) is 10.1 Å². The topological polar surface area (TPSA) is 105 Å². The fourth-order valence-corrected chi connectivity index (χ4v) is 5.06. The van der Waals surface area contributed by atoms with E-state index in [2.05, 4.69) is 4.99 Å². The second-order valence-corrected chi connectivity index (χ2v) is 8.99. The Labute approximate surface area is 206 Å². The minimum atomic E-state index is -0.719. The van der Waals surface area contributed by atoms with Crippen molar-refractivity contribution in [2.24, 2.45) is 4.99 Å². The number of nitrogens with zero attached hydrogens (tertiary/aromatic N) is 4. The number of nitro benzene ring substituents is 1. The summed E-state index contributed by atoms with van der Waals surface area (Å²) in [5, 5.41) is 13.9. The minimum Gasteiger partial charge on any atom is -0.466 e. The summed E-state index contributed by atoms with van der Waals surface area (Å²) in [6.07, 6.45) is 0.0777. The molecule has 0 saturated heterocycles. The number of benzene rings is 2. The Bertz CT molecular complexity index is 1270. The number of methoxy groups -OCH3 is 1. The van der Waals surface area contributed by atoms with Crippen LogP contribution in [-0.2, 0) is 20.9 Å². The summed E-state index contributed by atoms with van der Waals surface area (Å²) in [6, 6.07) is 15.1. The maximum atomic E-state index is 13.1. The van der Waals surface area contributed by atoms with Crippen LogP contribution in [0.3, 0.4) is 0 Å². The first-order valence-electron chi connectivity index (χ1n) is 10.8. The summed E-state index contributed by atoms with van der Waals surface area (Å²) in [4.78, 5) is 44.9. The van der Waals surface area contributed by atoms with E-state index in [1.54, 1.807) is 35.9 Å². The molecule has 0 bridgehead atoms. The molecule has 2 aromatic carbocycles. The lowest BCUT2D eigenvalue weighted by Gasteiger charge is -2.36. The number of ether oxygens (including phenoxy) is 1.